The Balaban J connectivity index is 1.64. The number of nitrogens with one attached hydrogen (secondary N) is 1. The first-order valence-electron chi connectivity index (χ1n) is 8.00. The lowest BCUT2D eigenvalue weighted by atomic mass is 10.2. The van der Waals surface area contributed by atoms with Gasteiger partial charge >= 0.3 is 5.97 Å². The molecule has 0 aliphatic heterocycles. The molecule has 1 heterocycles. The van der Waals surface area contributed by atoms with Gasteiger partial charge in [-0.3, -0.25) is 4.79 Å². The second-order valence-electron chi connectivity index (χ2n) is 5.64. The zero-order valence-electron chi connectivity index (χ0n) is 14.5. The number of nitrogens with zero attached hydrogens (tertiary/aromatic N) is 1. The molecule has 3 aromatic rings. The Bertz CT molecular complexity index is 1040. The average molecular weight is 390 g/mol. The summed E-state index contributed by atoms with van der Waals surface area (Å²) < 4.78 is 49.8. The van der Waals surface area contributed by atoms with Crippen molar-refractivity contribution in [3.8, 4) is 11.5 Å². The van der Waals surface area contributed by atoms with Gasteiger partial charge in [0, 0.05) is 5.56 Å². The van der Waals surface area contributed by atoms with Crippen molar-refractivity contribution in [2.45, 2.75) is 6.92 Å². The van der Waals surface area contributed by atoms with Crippen LogP contribution < -0.4 is 5.32 Å². The molecule has 0 saturated carbocycles. The highest BCUT2D eigenvalue weighted by Crippen LogP contribution is 2.22. The Morgan fingerprint density at radius 3 is 2.50 bits per heavy atom. The zero-order chi connectivity index (χ0) is 20.3. The van der Waals surface area contributed by atoms with Crippen molar-refractivity contribution in [2.24, 2.45) is 0 Å². The Morgan fingerprint density at radius 1 is 1.07 bits per heavy atom. The van der Waals surface area contributed by atoms with Crippen LogP contribution in [0.2, 0.25) is 0 Å². The highest BCUT2D eigenvalue weighted by molar-refractivity contribution is 5.95. The Hall–Kier alpha value is -3.62. The summed E-state index contributed by atoms with van der Waals surface area (Å²) >= 11 is 0. The summed E-state index contributed by atoms with van der Waals surface area (Å²) in [6, 6.07) is 10.3. The van der Waals surface area contributed by atoms with Gasteiger partial charge in [-0.15, -0.1) is 0 Å². The quantitative estimate of drug-likeness (QED) is 0.529. The van der Waals surface area contributed by atoms with Crippen LogP contribution in [0.25, 0.3) is 11.5 Å². The third kappa shape index (κ3) is 4.03. The lowest BCUT2D eigenvalue weighted by Gasteiger charge is -2.07. The van der Waals surface area contributed by atoms with Gasteiger partial charge in [0.05, 0.1) is 5.69 Å². The number of amides is 1. The van der Waals surface area contributed by atoms with E-state index in [0.717, 1.165) is 6.07 Å². The molecule has 28 heavy (non-hydrogen) atoms. The van der Waals surface area contributed by atoms with Gasteiger partial charge in [-0.1, -0.05) is 18.2 Å². The molecule has 0 aliphatic carbocycles. The summed E-state index contributed by atoms with van der Waals surface area (Å²) in [5.41, 5.74) is -0.0502. The number of esters is 1. The van der Waals surface area contributed by atoms with E-state index in [1.54, 1.807) is 24.3 Å². The number of halogens is 3. The third-order valence-electron chi connectivity index (χ3n) is 3.65. The van der Waals surface area contributed by atoms with Gasteiger partial charge in [0.1, 0.15) is 5.76 Å². The SMILES string of the molecule is Cc1oc(-c2ccccc2)nc1C(=O)OCC(=O)Nc1ccc(F)c(F)c1F. The molecule has 1 aromatic heterocycles. The summed E-state index contributed by atoms with van der Waals surface area (Å²) in [4.78, 5) is 28.0. The number of aromatic nitrogens is 1. The van der Waals surface area contributed by atoms with Crippen LogP contribution >= 0.6 is 0 Å². The average Bonchev–Trinajstić information content (AvgIpc) is 3.09. The molecule has 9 heteroatoms. The Kier molecular flexibility index (Phi) is 5.44. The van der Waals surface area contributed by atoms with E-state index in [-0.39, 0.29) is 17.3 Å². The van der Waals surface area contributed by atoms with Crippen LogP contribution in [0.4, 0.5) is 18.9 Å². The van der Waals surface area contributed by atoms with Crippen molar-refractivity contribution in [3.63, 3.8) is 0 Å². The highest BCUT2D eigenvalue weighted by Gasteiger charge is 2.21. The molecule has 0 aliphatic rings. The van der Waals surface area contributed by atoms with Gasteiger partial charge in [0.15, 0.2) is 29.8 Å². The molecule has 0 atom stereocenters. The van der Waals surface area contributed by atoms with Crippen LogP contribution in [0.1, 0.15) is 16.2 Å². The number of hydrogen-bond acceptors (Lipinski definition) is 5. The van der Waals surface area contributed by atoms with Crippen molar-refractivity contribution in [2.75, 3.05) is 11.9 Å². The number of carbonyl (C=O) groups excluding carboxylic acids is 2. The van der Waals surface area contributed by atoms with Gasteiger partial charge in [-0.2, -0.15) is 0 Å². The Morgan fingerprint density at radius 2 is 1.79 bits per heavy atom. The second-order valence-corrected chi connectivity index (χ2v) is 5.64. The fourth-order valence-electron chi connectivity index (χ4n) is 2.30. The maximum absolute atomic E-state index is 13.5. The van der Waals surface area contributed by atoms with Crippen LogP contribution in [-0.4, -0.2) is 23.5 Å². The minimum Gasteiger partial charge on any atom is -0.451 e. The molecule has 1 amide bonds. The number of rotatable bonds is 5. The van der Waals surface area contributed by atoms with E-state index < -0.39 is 41.6 Å². The van der Waals surface area contributed by atoms with E-state index in [9.17, 15) is 22.8 Å². The molecular weight excluding hydrogens is 377 g/mol. The molecule has 2 aromatic carbocycles. The second kappa shape index (κ2) is 7.95. The van der Waals surface area contributed by atoms with Crippen LogP contribution in [0, 0.1) is 24.4 Å². The van der Waals surface area contributed by atoms with E-state index >= 15 is 0 Å². The van der Waals surface area contributed by atoms with Crippen molar-refractivity contribution in [3.05, 3.63) is 71.4 Å². The smallest absolute Gasteiger partial charge is 0.361 e. The van der Waals surface area contributed by atoms with E-state index in [1.807, 2.05) is 11.4 Å². The van der Waals surface area contributed by atoms with Gasteiger partial charge in [0.2, 0.25) is 5.89 Å². The maximum Gasteiger partial charge on any atom is 0.361 e. The largest absolute Gasteiger partial charge is 0.451 e. The number of benzene rings is 2. The number of carbonyl (C=O) groups is 2. The molecular formula is C19H13F3N2O4. The van der Waals surface area contributed by atoms with Crippen molar-refractivity contribution < 1.29 is 31.9 Å². The summed E-state index contributed by atoms with van der Waals surface area (Å²) in [7, 11) is 0. The summed E-state index contributed by atoms with van der Waals surface area (Å²) in [6.07, 6.45) is 0. The van der Waals surface area contributed by atoms with Crippen LogP contribution in [0.15, 0.2) is 46.9 Å². The van der Waals surface area contributed by atoms with Gasteiger partial charge in [-0.25, -0.2) is 22.9 Å². The lowest BCUT2D eigenvalue weighted by Crippen LogP contribution is -2.22. The standard InChI is InChI=1S/C19H13F3N2O4/c1-10-17(24-18(28-10)11-5-3-2-4-6-11)19(26)27-9-14(25)23-13-8-7-12(20)15(21)16(13)22/h2-8H,9H2,1H3,(H,23,25). The monoisotopic (exact) mass is 390 g/mol. The fourth-order valence-corrected chi connectivity index (χ4v) is 2.30. The Labute approximate surface area is 157 Å². The van der Waals surface area contributed by atoms with Gasteiger partial charge in [-0.05, 0) is 31.2 Å². The van der Waals surface area contributed by atoms with Crippen LogP contribution in [0.5, 0.6) is 0 Å². The molecule has 3 rings (SSSR count). The molecule has 0 saturated heterocycles. The number of oxazole rings is 1. The minimum absolute atomic E-state index is 0.120. The lowest BCUT2D eigenvalue weighted by molar-refractivity contribution is -0.119. The molecule has 0 radical (unpaired) electrons. The predicted octanol–water partition coefficient (Wildman–Crippen LogP) is 3.86. The van der Waals surface area contributed by atoms with Gasteiger partial charge in [0.25, 0.3) is 5.91 Å². The number of hydrogen-bond donors (Lipinski definition) is 1. The first-order valence-corrected chi connectivity index (χ1v) is 8.00. The zero-order valence-corrected chi connectivity index (χ0v) is 14.5. The first-order chi connectivity index (χ1) is 13.4. The molecule has 0 spiro atoms. The van der Waals surface area contributed by atoms with Crippen molar-refractivity contribution >= 4 is 17.6 Å². The third-order valence-corrected chi connectivity index (χ3v) is 3.65. The van der Waals surface area contributed by atoms with Gasteiger partial charge < -0.3 is 14.5 Å². The fraction of sp³-hybridized carbons (Fsp3) is 0.105. The molecule has 0 bridgehead atoms. The highest BCUT2D eigenvalue weighted by atomic mass is 19.2. The summed E-state index contributed by atoms with van der Waals surface area (Å²) in [5.74, 6) is -6.14. The number of anilines is 1. The summed E-state index contributed by atoms with van der Waals surface area (Å²) in [5, 5.41) is 1.99. The maximum atomic E-state index is 13.5. The first kappa shape index (κ1) is 19.2. The van der Waals surface area contributed by atoms with E-state index in [1.165, 1.54) is 6.92 Å². The van der Waals surface area contributed by atoms with E-state index in [2.05, 4.69) is 4.98 Å². The molecule has 6 nitrogen and oxygen atoms in total. The molecule has 0 fully saturated rings. The van der Waals surface area contributed by atoms with Crippen molar-refractivity contribution in [1.82, 2.24) is 4.98 Å². The molecule has 0 unspecified atom stereocenters. The topological polar surface area (TPSA) is 81.4 Å². The summed E-state index contributed by atoms with van der Waals surface area (Å²) in [6.45, 7) is 0.719. The van der Waals surface area contributed by atoms with Crippen LogP contribution in [-0.2, 0) is 9.53 Å². The molecule has 1 N–H and O–H groups in total. The minimum atomic E-state index is -1.72. The van der Waals surface area contributed by atoms with Crippen LogP contribution in [0.3, 0.4) is 0 Å². The van der Waals surface area contributed by atoms with E-state index in [4.69, 9.17) is 9.15 Å². The molecule has 144 valence electrons. The predicted molar refractivity (Wildman–Crippen MR) is 91.9 cm³/mol. The van der Waals surface area contributed by atoms with E-state index in [0.29, 0.717) is 11.6 Å². The number of ether oxygens (including phenoxy) is 1. The van der Waals surface area contributed by atoms with Crippen molar-refractivity contribution in [1.29, 1.82) is 0 Å². The number of aryl methyl sites for hydroxylation is 1. The normalized spacial score (nSPS) is 10.6.